The average Bonchev–Trinajstić information content (AvgIpc) is 3.74. The molecule has 4 heterocycles. The van der Waals surface area contributed by atoms with E-state index in [4.69, 9.17) is 5.26 Å². The second-order valence-electron chi connectivity index (χ2n) is 9.90. The van der Waals surface area contributed by atoms with Crippen LogP contribution in [0.2, 0.25) is 0 Å². The summed E-state index contributed by atoms with van der Waals surface area (Å²) in [7, 11) is 6.31. The van der Waals surface area contributed by atoms with Crippen molar-refractivity contribution in [3.63, 3.8) is 0 Å². The molecule has 0 radical (unpaired) electrons. The Kier molecular flexibility index (Phi) is 9.87. The van der Waals surface area contributed by atoms with Crippen LogP contribution in [0.5, 0.6) is 0 Å². The lowest BCUT2D eigenvalue weighted by Crippen LogP contribution is -2.25. The number of nitrogens with one attached hydrogen (secondary N) is 5. The summed E-state index contributed by atoms with van der Waals surface area (Å²) in [6.07, 6.45) is 4.59. The summed E-state index contributed by atoms with van der Waals surface area (Å²) in [4.78, 5) is 63.6. The summed E-state index contributed by atoms with van der Waals surface area (Å²) < 4.78 is 5.68. The Labute approximate surface area is 270 Å². The zero-order chi connectivity index (χ0) is 33.7. The molecule has 4 aromatic heterocycles. The summed E-state index contributed by atoms with van der Waals surface area (Å²) >= 11 is 2.98. The largest absolute Gasteiger partial charge is 0.350 e. The van der Waals surface area contributed by atoms with E-state index >= 15 is 0 Å². The molecule has 5 N–H and O–H groups in total. The molecular weight excluding hydrogens is 664 g/mol. The number of hydrogen-bond donors (Lipinski definition) is 5. The molecule has 5 amide bonds. The Morgan fingerprint density at radius 1 is 0.826 bits per heavy atom. The third kappa shape index (κ3) is 7.39. The summed E-state index contributed by atoms with van der Waals surface area (Å²) in [6, 6.07) is 6.28. The minimum absolute atomic E-state index is 0.0272. The molecule has 0 aliphatic rings. The van der Waals surface area contributed by atoms with Gasteiger partial charge in [-0.1, -0.05) is 6.58 Å². The number of anilines is 4. The van der Waals surface area contributed by atoms with Gasteiger partial charge in [0.25, 0.3) is 29.5 Å². The number of aryl methyl sites for hydroxylation is 4. The third-order valence-corrected chi connectivity index (χ3v) is 6.88. The Bertz CT molecular complexity index is 1920. The van der Waals surface area contributed by atoms with Crippen molar-refractivity contribution in [3.8, 4) is 6.07 Å². The maximum Gasteiger partial charge on any atom is 0.276 e. The first kappa shape index (κ1) is 32.9. The lowest BCUT2D eigenvalue weighted by molar-refractivity contribution is -0.112. The molecule has 0 bridgehead atoms. The quantitative estimate of drug-likeness (QED) is 0.116. The van der Waals surface area contributed by atoms with Crippen LogP contribution in [-0.2, 0) is 33.0 Å². The molecule has 17 nitrogen and oxygen atoms in total. The zero-order valence-electron chi connectivity index (χ0n) is 25.1. The van der Waals surface area contributed by atoms with Crippen LogP contribution in [0.25, 0.3) is 0 Å². The Morgan fingerprint density at radius 3 is 2.02 bits per heavy atom. The van der Waals surface area contributed by atoms with Crippen molar-refractivity contribution in [2.45, 2.75) is 6.42 Å². The number of carbonyl (C=O) groups excluding carboxylic acids is 5. The van der Waals surface area contributed by atoms with Crippen LogP contribution < -0.4 is 26.6 Å². The summed E-state index contributed by atoms with van der Waals surface area (Å²) in [5.41, 5.74) is 1.40. The van der Waals surface area contributed by atoms with Crippen molar-refractivity contribution in [1.29, 1.82) is 5.26 Å². The standard InChI is InChI=1S/C28H29BrN12O5/c1-15(29)24(42)36-22-11-21(40(4)37-22)27(45)35-18-12-32-41(5)23(18)28(46)34-17-10-20(39(3)14-17)26(44)33-16-9-19(38(2)13-16)25(43)31-8-6-7-30/h9-14H,1,6,8H2,2-5H3,(H,31,43)(H,33,44)(H,34,46)(H,35,45)(H,36,37,42). The summed E-state index contributed by atoms with van der Waals surface area (Å²) in [5, 5.41) is 30.0. The lowest BCUT2D eigenvalue weighted by Gasteiger charge is -2.08. The topological polar surface area (TPSA) is 215 Å². The fourth-order valence-corrected chi connectivity index (χ4v) is 4.43. The van der Waals surface area contributed by atoms with Crippen LogP contribution in [0.3, 0.4) is 0 Å². The predicted octanol–water partition coefficient (Wildman–Crippen LogP) is 2.08. The fourth-order valence-electron chi connectivity index (χ4n) is 4.33. The van der Waals surface area contributed by atoms with Crippen LogP contribution in [0.1, 0.15) is 48.4 Å². The van der Waals surface area contributed by atoms with Gasteiger partial charge in [-0.05, 0) is 28.1 Å². The van der Waals surface area contributed by atoms with Gasteiger partial charge >= 0.3 is 0 Å². The van der Waals surface area contributed by atoms with Crippen LogP contribution >= 0.6 is 15.9 Å². The Balaban J connectivity index is 1.44. The van der Waals surface area contributed by atoms with Gasteiger partial charge in [0.2, 0.25) is 0 Å². The van der Waals surface area contributed by atoms with E-state index in [1.807, 2.05) is 6.07 Å². The molecule has 46 heavy (non-hydrogen) atoms. The summed E-state index contributed by atoms with van der Waals surface area (Å²) in [6.45, 7) is 3.68. The van der Waals surface area contributed by atoms with E-state index in [0.717, 1.165) is 0 Å². The van der Waals surface area contributed by atoms with Crippen molar-refractivity contribution in [2.24, 2.45) is 28.2 Å². The average molecular weight is 694 g/mol. The van der Waals surface area contributed by atoms with Gasteiger partial charge in [-0.2, -0.15) is 15.5 Å². The van der Waals surface area contributed by atoms with Crippen molar-refractivity contribution in [3.05, 3.63) is 70.6 Å². The maximum atomic E-state index is 13.3. The number of amides is 5. The van der Waals surface area contributed by atoms with Gasteiger partial charge in [-0.15, -0.1) is 0 Å². The van der Waals surface area contributed by atoms with Crippen LogP contribution in [-0.4, -0.2) is 64.8 Å². The highest BCUT2D eigenvalue weighted by Gasteiger charge is 2.23. The number of aromatic nitrogens is 6. The van der Waals surface area contributed by atoms with E-state index in [9.17, 15) is 24.0 Å². The number of rotatable bonds is 11. The van der Waals surface area contributed by atoms with Crippen molar-refractivity contribution in [2.75, 3.05) is 27.8 Å². The third-order valence-electron chi connectivity index (χ3n) is 6.52. The van der Waals surface area contributed by atoms with Crippen LogP contribution in [0, 0.1) is 11.3 Å². The van der Waals surface area contributed by atoms with E-state index in [1.54, 1.807) is 24.9 Å². The SMILES string of the molecule is C=C(Br)C(=O)Nc1cc(C(=O)Nc2cnn(C)c2C(=O)Nc2cc(C(=O)Nc3cc(C(=O)NCCC#N)n(C)c3)n(C)c2)n(C)n1. The first-order valence-electron chi connectivity index (χ1n) is 13.4. The lowest BCUT2D eigenvalue weighted by atomic mass is 10.3. The number of nitrogens with zero attached hydrogens (tertiary/aromatic N) is 7. The first-order valence-corrected chi connectivity index (χ1v) is 14.2. The molecular formula is C28H29BrN12O5. The van der Waals surface area contributed by atoms with Gasteiger partial charge in [0, 0.05) is 53.2 Å². The number of nitriles is 1. The van der Waals surface area contributed by atoms with Crippen molar-refractivity contribution < 1.29 is 24.0 Å². The highest BCUT2D eigenvalue weighted by molar-refractivity contribution is 9.12. The fraction of sp³-hybridized carbons (Fsp3) is 0.214. The molecule has 0 unspecified atom stereocenters. The molecule has 0 aliphatic heterocycles. The van der Waals surface area contributed by atoms with E-state index < -0.39 is 23.6 Å². The smallest absolute Gasteiger partial charge is 0.276 e. The van der Waals surface area contributed by atoms with Gasteiger partial charge in [-0.3, -0.25) is 33.3 Å². The van der Waals surface area contributed by atoms with E-state index in [0.29, 0.717) is 17.1 Å². The second-order valence-corrected chi connectivity index (χ2v) is 10.9. The van der Waals surface area contributed by atoms with Gasteiger partial charge in [-0.25, -0.2) is 0 Å². The first-order chi connectivity index (χ1) is 21.8. The molecule has 0 saturated carbocycles. The molecule has 18 heteroatoms. The van der Waals surface area contributed by atoms with Crippen LogP contribution in [0.4, 0.5) is 22.9 Å². The molecule has 0 spiro atoms. The molecule has 0 aromatic carbocycles. The number of hydrogen-bond acceptors (Lipinski definition) is 8. The van der Waals surface area contributed by atoms with Gasteiger partial charge in [0.15, 0.2) is 5.82 Å². The van der Waals surface area contributed by atoms with Crippen LogP contribution in [0.15, 0.2) is 47.9 Å². The monoisotopic (exact) mass is 692 g/mol. The normalized spacial score (nSPS) is 10.5. The highest BCUT2D eigenvalue weighted by Crippen LogP contribution is 2.21. The second kappa shape index (κ2) is 13.8. The summed E-state index contributed by atoms with van der Waals surface area (Å²) in [5.74, 6) is -2.51. The van der Waals surface area contributed by atoms with E-state index in [-0.39, 0.29) is 51.9 Å². The predicted molar refractivity (Wildman–Crippen MR) is 170 cm³/mol. The molecule has 4 rings (SSSR count). The molecule has 0 atom stereocenters. The Morgan fingerprint density at radius 2 is 1.41 bits per heavy atom. The van der Waals surface area contributed by atoms with Gasteiger partial charge in [0.1, 0.15) is 22.8 Å². The number of halogens is 1. The zero-order valence-corrected chi connectivity index (χ0v) is 26.7. The van der Waals surface area contributed by atoms with Crippen molar-refractivity contribution >= 4 is 68.3 Å². The molecule has 0 aliphatic carbocycles. The maximum absolute atomic E-state index is 13.3. The molecule has 0 saturated heterocycles. The number of carbonyl (C=O) groups is 5. The van der Waals surface area contributed by atoms with E-state index in [2.05, 4.69) is 59.3 Å². The molecule has 238 valence electrons. The highest BCUT2D eigenvalue weighted by atomic mass is 79.9. The van der Waals surface area contributed by atoms with Gasteiger partial charge < -0.3 is 35.7 Å². The van der Waals surface area contributed by atoms with E-state index in [1.165, 1.54) is 58.6 Å². The molecule has 0 fully saturated rings. The van der Waals surface area contributed by atoms with Gasteiger partial charge in [0.05, 0.1) is 40.2 Å². The van der Waals surface area contributed by atoms with Crippen molar-refractivity contribution in [1.82, 2.24) is 34.0 Å². The Hall–Kier alpha value is -5.96. The minimum Gasteiger partial charge on any atom is -0.350 e. The molecule has 4 aromatic rings. The minimum atomic E-state index is -0.614.